The van der Waals surface area contributed by atoms with Gasteiger partial charge in [0.05, 0.1) is 0 Å². The zero-order valence-corrected chi connectivity index (χ0v) is 12.7. The maximum absolute atomic E-state index is 4.34. The second kappa shape index (κ2) is 7.51. The van der Waals surface area contributed by atoms with Gasteiger partial charge in [-0.2, -0.15) is 24.7 Å². The van der Waals surface area contributed by atoms with Crippen LogP contribution in [-0.2, 0) is 0 Å². The summed E-state index contributed by atoms with van der Waals surface area (Å²) < 4.78 is 1.51. The van der Waals surface area contributed by atoms with Gasteiger partial charge in [-0.15, -0.1) is 0 Å². The molecule has 2 N–H and O–H groups in total. The van der Waals surface area contributed by atoms with Gasteiger partial charge in [-0.25, -0.2) is 4.98 Å². The van der Waals surface area contributed by atoms with E-state index in [0.29, 0.717) is 17.8 Å². The Morgan fingerprint density at radius 2 is 1.95 bits per heavy atom. The minimum atomic E-state index is 0.441. The molecular formula is C13H22N8. The van der Waals surface area contributed by atoms with Gasteiger partial charge in [0.25, 0.3) is 5.95 Å². The minimum absolute atomic E-state index is 0.441. The summed E-state index contributed by atoms with van der Waals surface area (Å²) >= 11 is 0. The monoisotopic (exact) mass is 290 g/mol. The molecule has 2 rings (SSSR count). The molecule has 0 aromatic carbocycles. The van der Waals surface area contributed by atoms with E-state index >= 15 is 0 Å². The second-order valence-electron chi connectivity index (χ2n) is 5.19. The number of unbranched alkanes of at least 4 members (excludes halogenated alkanes) is 1. The van der Waals surface area contributed by atoms with Gasteiger partial charge in [0.15, 0.2) is 0 Å². The molecule has 0 saturated carbocycles. The summed E-state index contributed by atoms with van der Waals surface area (Å²) in [5, 5.41) is 10.2. The van der Waals surface area contributed by atoms with E-state index in [1.54, 1.807) is 13.4 Å². The predicted molar refractivity (Wildman–Crippen MR) is 81.5 cm³/mol. The lowest BCUT2D eigenvalue weighted by atomic mass is 10.1. The van der Waals surface area contributed by atoms with Crippen LogP contribution >= 0.6 is 0 Å². The topological polar surface area (TPSA) is 93.4 Å². The molecule has 0 aliphatic carbocycles. The molecule has 0 radical (unpaired) electrons. The molecule has 0 atom stereocenters. The third kappa shape index (κ3) is 4.66. The van der Waals surface area contributed by atoms with Crippen LogP contribution in [0.3, 0.4) is 0 Å². The van der Waals surface area contributed by atoms with Crippen molar-refractivity contribution in [2.75, 3.05) is 24.2 Å². The summed E-state index contributed by atoms with van der Waals surface area (Å²) in [6, 6.07) is 0. The lowest BCUT2D eigenvalue weighted by Crippen LogP contribution is -2.12. The van der Waals surface area contributed by atoms with Crippen molar-refractivity contribution in [3.63, 3.8) is 0 Å². The molecule has 2 heterocycles. The van der Waals surface area contributed by atoms with E-state index in [-0.39, 0.29) is 0 Å². The number of hydrogen-bond acceptors (Lipinski definition) is 7. The van der Waals surface area contributed by atoms with Crippen molar-refractivity contribution >= 4 is 11.9 Å². The fraction of sp³-hybridized carbons (Fsp3) is 0.615. The average molecular weight is 290 g/mol. The van der Waals surface area contributed by atoms with Crippen molar-refractivity contribution in [2.45, 2.75) is 33.1 Å². The largest absolute Gasteiger partial charge is 0.357 e. The number of anilines is 2. The van der Waals surface area contributed by atoms with E-state index in [4.69, 9.17) is 0 Å². The van der Waals surface area contributed by atoms with Crippen LogP contribution in [0.15, 0.2) is 12.7 Å². The van der Waals surface area contributed by atoms with E-state index < -0.39 is 0 Å². The summed E-state index contributed by atoms with van der Waals surface area (Å²) in [4.78, 5) is 16.8. The van der Waals surface area contributed by atoms with Crippen LogP contribution in [0.1, 0.15) is 33.1 Å². The average Bonchev–Trinajstić information content (AvgIpc) is 3.00. The Morgan fingerprint density at radius 3 is 2.62 bits per heavy atom. The SMILES string of the molecule is CNc1nc(NCCCCC(C)C)nc(-n2cncn2)n1. The first-order valence-corrected chi connectivity index (χ1v) is 7.21. The third-order valence-electron chi connectivity index (χ3n) is 2.96. The Bertz CT molecular complexity index is 537. The molecule has 2 aromatic heterocycles. The van der Waals surface area contributed by atoms with E-state index in [0.717, 1.165) is 18.9 Å². The van der Waals surface area contributed by atoms with Gasteiger partial charge in [0, 0.05) is 13.6 Å². The number of rotatable bonds is 8. The normalized spacial score (nSPS) is 10.9. The van der Waals surface area contributed by atoms with E-state index in [9.17, 15) is 0 Å². The summed E-state index contributed by atoms with van der Waals surface area (Å²) in [6.07, 6.45) is 6.54. The fourth-order valence-electron chi connectivity index (χ4n) is 1.85. The molecule has 0 aliphatic rings. The molecule has 0 bridgehead atoms. The molecule has 0 saturated heterocycles. The maximum Gasteiger partial charge on any atom is 0.258 e. The lowest BCUT2D eigenvalue weighted by molar-refractivity contribution is 0.544. The molecule has 21 heavy (non-hydrogen) atoms. The molecule has 0 unspecified atom stereocenters. The summed E-state index contributed by atoms with van der Waals surface area (Å²) in [6.45, 7) is 5.32. The molecule has 114 valence electrons. The first-order valence-electron chi connectivity index (χ1n) is 7.21. The summed E-state index contributed by atoms with van der Waals surface area (Å²) in [5.74, 6) is 2.23. The number of aromatic nitrogens is 6. The van der Waals surface area contributed by atoms with Crippen molar-refractivity contribution < 1.29 is 0 Å². The van der Waals surface area contributed by atoms with E-state index in [1.165, 1.54) is 23.9 Å². The van der Waals surface area contributed by atoms with Crippen molar-refractivity contribution in [1.29, 1.82) is 0 Å². The quantitative estimate of drug-likeness (QED) is 0.715. The van der Waals surface area contributed by atoms with E-state index in [1.807, 2.05) is 0 Å². The van der Waals surface area contributed by atoms with Crippen LogP contribution in [0, 0.1) is 5.92 Å². The van der Waals surface area contributed by atoms with Gasteiger partial charge >= 0.3 is 0 Å². The summed E-state index contributed by atoms with van der Waals surface area (Å²) in [5.41, 5.74) is 0. The van der Waals surface area contributed by atoms with Crippen LogP contribution in [0.2, 0.25) is 0 Å². The minimum Gasteiger partial charge on any atom is -0.357 e. The number of hydrogen-bond donors (Lipinski definition) is 2. The third-order valence-corrected chi connectivity index (χ3v) is 2.96. The Hall–Kier alpha value is -2.25. The highest BCUT2D eigenvalue weighted by Crippen LogP contribution is 2.09. The smallest absolute Gasteiger partial charge is 0.258 e. The first kappa shape index (κ1) is 15.1. The van der Waals surface area contributed by atoms with Gasteiger partial charge < -0.3 is 10.6 Å². The second-order valence-corrected chi connectivity index (χ2v) is 5.19. The molecule has 0 spiro atoms. The molecule has 8 nitrogen and oxygen atoms in total. The van der Waals surface area contributed by atoms with Gasteiger partial charge in [-0.3, -0.25) is 0 Å². The maximum atomic E-state index is 4.34. The molecule has 0 fully saturated rings. The zero-order valence-electron chi connectivity index (χ0n) is 12.7. The lowest BCUT2D eigenvalue weighted by Gasteiger charge is -2.08. The van der Waals surface area contributed by atoms with Crippen LogP contribution in [0.5, 0.6) is 0 Å². The first-order chi connectivity index (χ1) is 10.2. The Kier molecular flexibility index (Phi) is 5.42. The van der Waals surface area contributed by atoms with Gasteiger partial charge in [-0.05, 0) is 12.3 Å². The van der Waals surface area contributed by atoms with Crippen molar-refractivity contribution in [2.24, 2.45) is 5.92 Å². The number of nitrogens with zero attached hydrogens (tertiary/aromatic N) is 6. The zero-order chi connectivity index (χ0) is 15.1. The highest BCUT2D eigenvalue weighted by atomic mass is 15.4. The van der Waals surface area contributed by atoms with Gasteiger partial charge in [-0.1, -0.05) is 26.7 Å². The molecule has 8 heteroatoms. The Labute approximate surface area is 124 Å². The van der Waals surface area contributed by atoms with Crippen LogP contribution in [0.4, 0.5) is 11.9 Å². The van der Waals surface area contributed by atoms with Crippen molar-refractivity contribution in [1.82, 2.24) is 29.7 Å². The van der Waals surface area contributed by atoms with Crippen LogP contribution < -0.4 is 10.6 Å². The molecular weight excluding hydrogens is 268 g/mol. The highest BCUT2D eigenvalue weighted by Gasteiger charge is 2.07. The molecule has 0 aliphatic heterocycles. The standard InChI is InChI=1S/C13H22N8/c1-10(2)6-4-5-7-16-12-18-11(14-3)19-13(20-12)21-9-15-8-17-21/h8-10H,4-7H2,1-3H3,(H2,14,16,18,19,20). The van der Waals surface area contributed by atoms with Crippen LogP contribution in [-0.4, -0.2) is 43.3 Å². The summed E-state index contributed by atoms with van der Waals surface area (Å²) in [7, 11) is 1.77. The molecule has 0 amide bonds. The Balaban J connectivity index is 1.97. The molecule has 2 aromatic rings. The van der Waals surface area contributed by atoms with Crippen molar-refractivity contribution in [3.8, 4) is 5.95 Å². The number of nitrogens with one attached hydrogen (secondary N) is 2. The van der Waals surface area contributed by atoms with Gasteiger partial charge in [0.1, 0.15) is 12.7 Å². The Morgan fingerprint density at radius 1 is 1.14 bits per heavy atom. The fourth-order valence-corrected chi connectivity index (χ4v) is 1.85. The van der Waals surface area contributed by atoms with Gasteiger partial charge in [0.2, 0.25) is 11.9 Å². The predicted octanol–water partition coefficient (Wildman–Crippen LogP) is 1.73. The highest BCUT2D eigenvalue weighted by molar-refractivity contribution is 5.37. The van der Waals surface area contributed by atoms with E-state index in [2.05, 4.69) is 49.5 Å². The van der Waals surface area contributed by atoms with Crippen LogP contribution in [0.25, 0.3) is 5.95 Å². The van der Waals surface area contributed by atoms with Crippen molar-refractivity contribution in [3.05, 3.63) is 12.7 Å².